The maximum atomic E-state index is 12.7. The van der Waals surface area contributed by atoms with Crippen LogP contribution in [0.1, 0.15) is 25.1 Å². The molecule has 0 aliphatic carbocycles. The number of aryl methyl sites for hydroxylation is 2. The zero-order valence-electron chi connectivity index (χ0n) is 13.7. The van der Waals surface area contributed by atoms with Gasteiger partial charge in [0.25, 0.3) is 0 Å². The van der Waals surface area contributed by atoms with Gasteiger partial charge < -0.3 is 10.1 Å². The summed E-state index contributed by atoms with van der Waals surface area (Å²) in [6.07, 6.45) is -4.55. The number of halogens is 3. The largest absolute Gasteiger partial charge is 0.437 e. The molecule has 0 fully saturated rings. The van der Waals surface area contributed by atoms with Crippen molar-refractivity contribution in [2.24, 2.45) is 13.0 Å². The molecule has 0 saturated carbocycles. The summed E-state index contributed by atoms with van der Waals surface area (Å²) < 4.78 is 44.8. The highest BCUT2D eigenvalue weighted by Gasteiger charge is 2.35. The Labute approximate surface area is 137 Å². The van der Waals surface area contributed by atoms with Crippen molar-refractivity contribution in [2.75, 3.05) is 5.32 Å². The zero-order valence-corrected chi connectivity index (χ0v) is 13.7. The maximum absolute atomic E-state index is 12.7. The summed E-state index contributed by atoms with van der Waals surface area (Å²) in [7, 11) is 1.35. The topological polar surface area (TPSA) is 56.1 Å². The summed E-state index contributed by atoms with van der Waals surface area (Å²) in [5.74, 6) is -0.286. The minimum Gasteiger partial charge on any atom is -0.437 e. The first-order valence-electron chi connectivity index (χ1n) is 7.28. The first-order valence-corrected chi connectivity index (χ1v) is 7.28. The molecule has 1 aromatic heterocycles. The second kappa shape index (κ2) is 6.54. The minimum absolute atomic E-state index is 0.0760. The SMILES string of the molecule is Cc1ccc(NC(=O)C(C)C)c(Oc2cc(C(F)(F)F)nn2C)c1. The summed E-state index contributed by atoms with van der Waals surface area (Å²) in [5.41, 5.74) is 0.181. The van der Waals surface area contributed by atoms with Gasteiger partial charge in [0.15, 0.2) is 11.4 Å². The van der Waals surface area contributed by atoms with Crippen LogP contribution in [0.5, 0.6) is 11.6 Å². The van der Waals surface area contributed by atoms with Crippen molar-refractivity contribution in [2.45, 2.75) is 26.9 Å². The summed E-state index contributed by atoms with van der Waals surface area (Å²) >= 11 is 0. The van der Waals surface area contributed by atoms with Crippen LogP contribution in [0.4, 0.5) is 18.9 Å². The van der Waals surface area contributed by atoms with Gasteiger partial charge in [0.05, 0.1) is 5.69 Å². The Bertz CT molecular complexity index is 752. The number of ether oxygens (including phenoxy) is 1. The van der Waals surface area contributed by atoms with E-state index in [1.807, 2.05) is 6.92 Å². The van der Waals surface area contributed by atoms with Crippen LogP contribution in [-0.2, 0) is 18.0 Å². The van der Waals surface area contributed by atoms with Gasteiger partial charge in [0.2, 0.25) is 11.8 Å². The van der Waals surface area contributed by atoms with Gasteiger partial charge in [-0.05, 0) is 24.6 Å². The molecular weight excluding hydrogens is 323 g/mol. The van der Waals surface area contributed by atoms with E-state index in [9.17, 15) is 18.0 Å². The Morgan fingerprint density at radius 2 is 1.96 bits per heavy atom. The van der Waals surface area contributed by atoms with Crippen LogP contribution in [0.3, 0.4) is 0 Å². The third-order valence-corrected chi connectivity index (χ3v) is 3.26. The smallest absolute Gasteiger partial charge is 0.435 e. The second-order valence-corrected chi connectivity index (χ2v) is 5.73. The molecule has 1 amide bonds. The van der Waals surface area contributed by atoms with E-state index in [-0.39, 0.29) is 23.5 Å². The van der Waals surface area contributed by atoms with Crippen LogP contribution in [0, 0.1) is 12.8 Å². The van der Waals surface area contributed by atoms with Gasteiger partial charge >= 0.3 is 6.18 Å². The molecule has 130 valence electrons. The number of amides is 1. The quantitative estimate of drug-likeness (QED) is 0.909. The molecule has 0 bridgehead atoms. The number of aromatic nitrogens is 2. The lowest BCUT2D eigenvalue weighted by molar-refractivity contribution is -0.141. The highest BCUT2D eigenvalue weighted by atomic mass is 19.4. The maximum Gasteiger partial charge on any atom is 0.435 e. The van der Waals surface area contributed by atoms with Crippen molar-refractivity contribution < 1.29 is 22.7 Å². The van der Waals surface area contributed by atoms with Crippen molar-refractivity contribution in [1.29, 1.82) is 0 Å². The molecule has 8 heteroatoms. The van der Waals surface area contributed by atoms with E-state index in [2.05, 4.69) is 10.4 Å². The average Bonchev–Trinajstić information content (AvgIpc) is 2.83. The number of anilines is 1. The fraction of sp³-hybridized carbons (Fsp3) is 0.375. The fourth-order valence-corrected chi connectivity index (χ4v) is 1.89. The molecule has 5 nitrogen and oxygen atoms in total. The van der Waals surface area contributed by atoms with E-state index in [0.29, 0.717) is 5.69 Å². The van der Waals surface area contributed by atoms with Crippen molar-refractivity contribution >= 4 is 11.6 Å². The molecule has 24 heavy (non-hydrogen) atoms. The second-order valence-electron chi connectivity index (χ2n) is 5.73. The lowest BCUT2D eigenvalue weighted by atomic mass is 10.1. The number of hydrogen-bond donors (Lipinski definition) is 1. The van der Waals surface area contributed by atoms with Crippen LogP contribution >= 0.6 is 0 Å². The molecule has 1 N–H and O–H groups in total. The molecule has 0 aliphatic rings. The molecule has 2 aromatic rings. The summed E-state index contributed by atoms with van der Waals surface area (Å²) in [4.78, 5) is 11.9. The molecule has 0 saturated heterocycles. The number of carbonyl (C=O) groups is 1. The van der Waals surface area contributed by atoms with E-state index in [0.717, 1.165) is 16.3 Å². The molecule has 0 atom stereocenters. The molecule has 2 rings (SSSR count). The van der Waals surface area contributed by atoms with Crippen molar-refractivity contribution in [3.63, 3.8) is 0 Å². The third-order valence-electron chi connectivity index (χ3n) is 3.26. The van der Waals surface area contributed by atoms with E-state index in [1.165, 1.54) is 7.05 Å². The Balaban J connectivity index is 2.34. The van der Waals surface area contributed by atoms with Crippen molar-refractivity contribution in [3.8, 4) is 11.6 Å². The molecule has 1 aromatic carbocycles. The molecule has 1 heterocycles. The van der Waals surface area contributed by atoms with E-state index >= 15 is 0 Å². The van der Waals surface area contributed by atoms with Crippen LogP contribution in [0.25, 0.3) is 0 Å². The van der Waals surface area contributed by atoms with Gasteiger partial charge in [-0.25, -0.2) is 4.68 Å². The van der Waals surface area contributed by atoms with Crippen LogP contribution < -0.4 is 10.1 Å². The minimum atomic E-state index is -4.55. The van der Waals surface area contributed by atoms with E-state index in [4.69, 9.17) is 4.74 Å². The van der Waals surface area contributed by atoms with Gasteiger partial charge in [0.1, 0.15) is 0 Å². The Kier molecular flexibility index (Phi) is 4.86. The number of rotatable bonds is 4. The highest BCUT2D eigenvalue weighted by molar-refractivity contribution is 5.93. The number of hydrogen-bond acceptors (Lipinski definition) is 3. The van der Waals surface area contributed by atoms with Gasteiger partial charge in [-0.2, -0.15) is 18.3 Å². The molecule has 0 unspecified atom stereocenters. The fourth-order valence-electron chi connectivity index (χ4n) is 1.89. The van der Waals surface area contributed by atoms with Gasteiger partial charge in [-0.1, -0.05) is 19.9 Å². The lowest BCUT2D eigenvalue weighted by Gasteiger charge is -2.14. The van der Waals surface area contributed by atoms with Gasteiger partial charge in [-0.15, -0.1) is 0 Å². The first-order chi connectivity index (χ1) is 11.1. The van der Waals surface area contributed by atoms with Crippen LogP contribution in [-0.4, -0.2) is 15.7 Å². The van der Waals surface area contributed by atoms with E-state index in [1.54, 1.807) is 32.0 Å². The summed E-state index contributed by atoms with van der Waals surface area (Å²) in [6.45, 7) is 5.28. The molecule has 0 aliphatic heterocycles. The highest BCUT2D eigenvalue weighted by Crippen LogP contribution is 2.34. The predicted octanol–water partition coefficient (Wildman–Crippen LogP) is 4.13. The van der Waals surface area contributed by atoms with Gasteiger partial charge in [-0.3, -0.25) is 4.79 Å². The number of benzene rings is 1. The first kappa shape index (κ1) is 17.8. The zero-order chi connectivity index (χ0) is 18.1. The van der Waals surface area contributed by atoms with Crippen molar-refractivity contribution in [3.05, 3.63) is 35.5 Å². The summed E-state index contributed by atoms with van der Waals surface area (Å²) in [5, 5.41) is 6.10. The van der Waals surface area contributed by atoms with Crippen molar-refractivity contribution in [1.82, 2.24) is 9.78 Å². The average molecular weight is 341 g/mol. The number of nitrogens with one attached hydrogen (secondary N) is 1. The van der Waals surface area contributed by atoms with Gasteiger partial charge in [0, 0.05) is 19.0 Å². The number of carbonyl (C=O) groups excluding carboxylic acids is 1. The Morgan fingerprint density at radius 1 is 1.29 bits per heavy atom. The number of alkyl halides is 3. The molecular formula is C16H18F3N3O2. The van der Waals surface area contributed by atoms with Crippen LogP contribution in [0.2, 0.25) is 0 Å². The Hall–Kier alpha value is -2.51. The number of nitrogens with zero attached hydrogens (tertiary/aromatic N) is 2. The monoisotopic (exact) mass is 341 g/mol. The predicted molar refractivity (Wildman–Crippen MR) is 82.9 cm³/mol. The normalized spacial score (nSPS) is 11.7. The van der Waals surface area contributed by atoms with Crippen LogP contribution in [0.15, 0.2) is 24.3 Å². The molecule has 0 spiro atoms. The summed E-state index contributed by atoms with van der Waals surface area (Å²) in [6, 6.07) is 5.87. The lowest BCUT2D eigenvalue weighted by Crippen LogP contribution is -2.18. The third kappa shape index (κ3) is 4.06. The Morgan fingerprint density at radius 3 is 2.50 bits per heavy atom. The van der Waals surface area contributed by atoms with E-state index < -0.39 is 11.9 Å². The molecule has 0 radical (unpaired) electrons. The standard InChI is InChI=1S/C16H18F3N3O2/c1-9(2)15(23)20-11-6-5-10(3)7-12(11)24-14-8-13(16(17,18)19)21-22(14)4/h5-9H,1-4H3,(H,20,23).